The van der Waals surface area contributed by atoms with Crippen LogP contribution in [-0.4, -0.2) is 4.92 Å². The Morgan fingerprint density at radius 2 is 1.64 bits per heavy atom. The molecule has 0 saturated heterocycles. The van der Waals surface area contributed by atoms with Gasteiger partial charge in [-0.1, -0.05) is 55.8 Å². The lowest BCUT2D eigenvalue weighted by molar-refractivity contribution is -0.384. The van der Waals surface area contributed by atoms with E-state index < -0.39 is 0 Å². The SMILES string of the molecule is CC(CCCc1ccccc1)Cc1ccc([N+](=O)[O-])cc1.Cl. The minimum Gasteiger partial charge on any atom is -0.258 e. The first-order valence-electron chi connectivity index (χ1n) is 7.42. The minimum atomic E-state index is -0.354. The van der Waals surface area contributed by atoms with E-state index in [2.05, 4.69) is 31.2 Å². The second-order valence-electron chi connectivity index (χ2n) is 5.61. The normalized spacial score (nSPS) is 11.5. The maximum atomic E-state index is 10.6. The van der Waals surface area contributed by atoms with Crippen LogP contribution in [0, 0.1) is 16.0 Å². The Balaban J connectivity index is 0.00000242. The third-order valence-corrected chi connectivity index (χ3v) is 3.74. The van der Waals surface area contributed by atoms with Crippen LogP contribution in [-0.2, 0) is 12.8 Å². The molecular weight excluding hydrogens is 298 g/mol. The number of hydrogen-bond donors (Lipinski definition) is 0. The molecule has 0 aliphatic carbocycles. The molecule has 22 heavy (non-hydrogen) atoms. The fourth-order valence-electron chi connectivity index (χ4n) is 2.56. The van der Waals surface area contributed by atoms with Crippen molar-refractivity contribution >= 4 is 18.1 Å². The number of nitro benzene ring substituents is 1. The molecule has 1 unspecified atom stereocenters. The summed E-state index contributed by atoms with van der Waals surface area (Å²) in [5.74, 6) is 0.593. The molecule has 3 nitrogen and oxygen atoms in total. The molecule has 2 rings (SSSR count). The maximum Gasteiger partial charge on any atom is 0.269 e. The van der Waals surface area contributed by atoms with Crippen molar-refractivity contribution in [2.45, 2.75) is 32.6 Å². The van der Waals surface area contributed by atoms with Gasteiger partial charge in [0, 0.05) is 12.1 Å². The number of nitrogens with zero attached hydrogens (tertiary/aromatic N) is 1. The van der Waals surface area contributed by atoms with Crippen molar-refractivity contribution in [3.63, 3.8) is 0 Å². The van der Waals surface area contributed by atoms with E-state index in [-0.39, 0.29) is 23.0 Å². The van der Waals surface area contributed by atoms with E-state index in [1.54, 1.807) is 12.1 Å². The zero-order valence-corrected chi connectivity index (χ0v) is 13.6. The molecule has 0 radical (unpaired) electrons. The lowest BCUT2D eigenvalue weighted by atomic mass is 9.94. The Morgan fingerprint density at radius 1 is 1.00 bits per heavy atom. The molecule has 0 spiro atoms. The van der Waals surface area contributed by atoms with Gasteiger partial charge in [-0.25, -0.2) is 0 Å². The fraction of sp³-hybridized carbons (Fsp3) is 0.333. The Hall–Kier alpha value is -1.87. The third-order valence-electron chi connectivity index (χ3n) is 3.74. The van der Waals surface area contributed by atoms with Gasteiger partial charge in [-0.15, -0.1) is 12.4 Å². The number of nitro groups is 1. The van der Waals surface area contributed by atoms with Gasteiger partial charge in [0.2, 0.25) is 0 Å². The smallest absolute Gasteiger partial charge is 0.258 e. The predicted octanol–water partition coefficient (Wildman–Crippen LogP) is 5.22. The topological polar surface area (TPSA) is 43.1 Å². The first-order chi connectivity index (χ1) is 10.1. The summed E-state index contributed by atoms with van der Waals surface area (Å²) in [6.45, 7) is 2.24. The van der Waals surface area contributed by atoms with Gasteiger partial charge in [0.15, 0.2) is 0 Å². The lowest BCUT2D eigenvalue weighted by Crippen LogP contribution is -2.01. The number of hydrogen-bond acceptors (Lipinski definition) is 2. The van der Waals surface area contributed by atoms with Gasteiger partial charge in [-0.05, 0) is 36.3 Å². The second-order valence-corrected chi connectivity index (χ2v) is 5.61. The van der Waals surface area contributed by atoms with E-state index in [4.69, 9.17) is 0 Å². The van der Waals surface area contributed by atoms with E-state index >= 15 is 0 Å². The van der Waals surface area contributed by atoms with Crippen molar-refractivity contribution in [3.8, 4) is 0 Å². The van der Waals surface area contributed by atoms with Crippen LogP contribution in [0.4, 0.5) is 5.69 Å². The van der Waals surface area contributed by atoms with Crippen molar-refractivity contribution in [3.05, 3.63) is 75.8 Å². The zero-order valence-electron chi connectivity index (χ0n) is 12.8. The quantitative estimate of drug-likeness (QED) is 0.519. The predicted molar refractivity (Wildman–Crippen MR) is 92.6 cm³/mol. The third kappa shape index (κ3) is 5.86. The van der Waals surface area contributed by atoms with E-state index in [1.165, 1.54) is 24.0 Å². The average Bonchev–Trinajstić information content (AvgIpc) is 2.49. The molecule has 0 amide bonds. The van der Waals surface area contributed by atoms with Crippen molar-refractivity contribution in [1.29, 1.82) is 0 Å². The van der Waals surface area contributed by atoms with E-state index in [0.29, 0.717) is 5.92 Å². The average molecular weight is 320 g/mol. The Bertz CT molecular complexity index is 569. The van der Waals surface area contributed by atoms with Gasteiger partial charge >= 0.3 is 0 Å². The molecule has 0 saturated carbocycles. The first kappa shape index (κ1) is 18.2. The van der Waals surface area contributed by atoms with Crippen LogP contribution in [0.1, 0.15) is 30.9 Å². The molecule has 0 N–H and O–H groups in total. The van der Waals surface area contributed by atoms with Crippen LogP contribution in [0.25, 0.3) is 0 Å². The molecule has 0 aliphatic rings. The lowest BCUT2D eigenvalue weighted by Gasteiger charge is -2.11. The number of rotatable bonds is 7. The summed E-state index contributed by atoms with van der Waals surface area (Å²) in [7, 11) is 0. The second kappa shape index (κ2) is 9.21. The van der Waals surface area contributed by atoms with Gasteiger partial charge in [-0.3, -0.25) is 10.1 Å². The van der Waals surface area contributed by atoms with E-state index in [9.17, 15) is 10.1 Å². The highest BCUT2D eigenvalue weighted by Gasteiger charge is 2.07. The molecule has 0 aliphatic heterocycles. The highest BCUT2D eigenvalue weighted by molar-refractivity contribution is 5.85. The first-order valence-corrected chi connectivity index (χ1v) is 7.42. The van der Waals surface area contributed by atoms with Crippen molar-refractivity contribution < 1.29 is 4.92 Å². The molecule has 0 fully saturated rings. The Morgan fingerprint density at radius 3 is 2.23 bits per heavy atom. The standard InChI is InChI=1S/C18H21NO2.ClH/c1-15(6-5-9-16-7-3-2-4-8-16)14-17-10-12-18(13-11-17)19(20)21;/h2-4,7-8,10-13,15H,5-6,9,14H2,1H3;1H. The van der Waals surface area contributed by atoms with Crippen LogP contribution in [0.3, 0.4) is 0 Å². The van der Waals surface area contributed by atoms with Gasteiger partial charge in [0.05, 0.1) is 4.92 Å². The number of benzene rings is 2. The van der Waals surface area contributed by atoms with Crippen molar-refractivity contribution in [2.24, 2.45) is 5.92 Å². The van der Waals surface area contributed by atoms with Crippen LogP contribution in [0.5, 0.6) is 0 Å². The Kier molecular flexibility index (Phi) is 7.61. The molecule has 0 aromatic heterocycles. The summed E-state index contributed by atoms with van der Waals surface area (Å²) in [5.41, 5.74) is 2.73. The van der Waals surface area contributed by atoms with Gasteiger partial charge in [-0.2, -0.15) is 0 Å². The largest absolute Gasteiger partial charge is 0.269 e. The molecule has 118 valence electrons. The van der Waals surface area contributed by atoms with Crippen molar-refractivity contribution in [1.82, 2.24) is 0 Å². The minimum absolute atomic E-state index is 0. The highest BCUT2D eigenvalue weighted by Crippen LogP contribution is 2.18. The summed E-state index contributed by atoms with van der Waals surface area (Å²) in [6, 6.07) is 17.4. The van der Waals surface area contributed by atoms with Crippen LogP contribution < -0.4 is 0 Å². The molecule has 2 aromatic rings. The zero-order chi connectivity index (χ0) is 15.1. The number of aryl methyl sites for hydroxylation is 1. The summed E-state index contributed by atoms with van der Waals surface area (Å²) < 4.78 is 0. The summed E-state index contributed by atoms with van der Waals surface area (Å²) in [4.78, 5) is 10.3. The molecule has 0 bridgehead atoms. The molecule has 1 atom stereocenters. The summed E-state index contributed by atoms with van der Waals surface area (Å²) >= 11 is 0. The van der Waals surface area contributed by atoms with Gasteiger partial charge in [0.1, 0.15) is 0 Å². The van der Waals surface area contributed by atoms with Crippen molar-refractivity contribution in [2.75, 3.05) is 0 Å². The van der Waals surface area contributed by atoms with Crippen LogP contribution in [0.2, 0.25) is 0 Å². The van der Waals surface area contributed by atoms with E-state index in [1.807, 2.05) is 18.2 Å². The van der Waals surface area contributed by atoms with Crippen LogP contribution in [0.15, 0.2) is 54.6 Å². The summed E-state index contributed by atoms with van der Waals surface area (Å²) in [6.07, 6.45) is 4.45. The maximum absolute atomic E-state index is 10.6. The highest BCUT2D eigenvalue weighted by atomic mass is 35.5. The molecule has 2 aromatic carbocycles. The molecule has 4 heteroatoms. The number of non-ortho nitro benzene ring substituents is 1. The van der Waals surface area contributed by atoms with Gasteiger partial charge in [0.25, 0.3) is 5.69 Å². The van der Waals surface area contributed by atoms with E-state index in [0.717, 1.165) is 12.8 Å². The molecule has 0 heterocycles. The number of halogens is 1. The van der Waals surface area contributed by atoms with Crippen LogP contribution >= 0.6 is 12.4 Å². The fourth-order valence-corrected chi connectivity index (χ4v) is 2.56. The molecular formula is C18H22ClNO2. The Labute approximate surface area is 137 Å². The van der Waals surface area contributed by atoms with Gasteiger partial charge < -0.3 is 0 Å². The summed E-state index contributed by atoms with van der Waals surface area (Å²) in [5, 5.41) is 10.6. The monoisotopic (exact) mass is 319 g/mol.